The van der Waals surface area contributed by atoms with Gasteiger partial charge in [0.05, 0.1) is 59.1 Å². The number of halogens is 1. The van der Waals surface area contributed by atoms with E-state index in [0.717, 1.165) is 0 Å². The summed E-state index contributed by atoms with van der Waals surface area (Å²) in [5.41, 5.74) is 3.57. The molecular formula is C33H29ClN4O5S. The van der Waals surface area contributed by atoms with Crippen molar-refractivity contribution in [3.05, 3.63) is 108 Å². The smallest absolute Gasteiger partial charge is 0.262 e. The first kappa shape index (κ1) is 29.4. The highest BCUT2D eigenvalue weighted by molar-refractivity contribution is 7.92. The Morgan fingerprint density at radius 2 is 1.64 bits per heavy atom. The summed E-state index contributed by atoms with van der Waals surface area (Å²) >= 11 is 6.49. The number of para-hydroxylation sites is 3. The van der Waals surface area contributed by atoms with Gasteiger partial charge in [-0.1, -0.05) is 60.1 Å². The normalized spacial score (nSPS) is 13.5. The number of nitrogens with one attached hydrogen (secondary N) is 2. The van der Waals surface area contributed by atoms with Crippen LogP contribution >= 0.6 is 11.6 Å². The second-order valence-corrected chi connectivity index (χ2v) is 12.2. The fraction of sp³-hybridized carbons (Fsp3) is 0.152. The number of hydrogen-bond donors (Lipinski definition) is 2. The number of benzene rings is 4. The molecule has 9 nitrogen and oxygen atoms in total. The number of sulfonamides is 1. The van der Waals surface area contributed by atoms with Crippen LogP contribution in [-0.4, -0.2) is 52.7 Å². The van der Waals surface area contributed by atoms with Gasteiger partial charge in [-0.2, -0.15) is 0 Å². The molecule has 1 amide bonds. The van der Waals surface area contributed by atoms with E-state index in [4.69, 9.17) is 26.1 Å². The molecule has 0 radical (unpaired) electrons. The maximum atomic E-state index is 14.1. The summed E-state index contributed by atoms with van der Waals surface area (Å²) in [6.45, 7) is 2.20. The zero-order valence-electron chi connectivity index (χ0n) is 23.8. The summed E-state index contributed by atoms with van der Waals surface area (Å²) in [5.74, 6) is -0.0351. The van der Waals surface area contributed by atoms with E-state index in [1.807, 2.05) is 42.5 Å². The van der Waals surface area contributed by atoms with Gasteiger partial charge >= 0.3 is 0 Å². The Bertz CT molecular complexity index is 1960. The van der Waals surface area contributed by atoms with Crippen LogP contribution in [-0.2, 0) is 14.8 Å². The molecule has 0 aliphatic carbocycles. The average molecular weight is 629 g/mol. The number of rotatable bonds is 8. The topological polar surface area (TPSA) is 110 Å². The third-order valence-electron chi connectivity index (χ3n) is 7.34. The second-order valence-electron chi connectivity index (χ2n) is 10.1. The number of methoxy groups -OCH3 is 1. The summed E-state index contributed by atoms with van der Waals surface area (Å²) < 4.78 is 40.5. The lowest BCUT2D eigenvalue weighted by molar-refractivity contribution is 0.102. The summed E-state index contributed by atoms with van der Waals surface area (Å²) in [4.78, 5) is 20.9. The Balaban J connectivity index is 1.42. The molecule has 0 unspecified atom stereocenters. The molecule has 2 heterocycles. The Hall–Kier alpha value is -4.64. The van der Waals surface area contributed by atoms with Gasteiger partial charge in [-0.25, -0.2) is 13.4 Å². The van der Waals surface area contributed by atoms with Gasteiger partial charge in [-0.05, 0) is 48.5 Å². The van der Waals surface area contributed by atoms with Crippen LogP contribution in [0.2, 0.25) is 5.02 Å². The van der Waals surface area contributed by atoms with Crippen molar-refractivity contribution < 1.29 is 22.7 Å². The molecular weight excluding hydrogens is 600 g/mol. The maximum absolute atomic E-state index is 14.1. The molecule has 44 heavy (non-hydrogen) atoms. The lowest BCUT2D eigenvalue weighted by atomic mass is 10.0. The van der Waals surface area contributed by atoms with E-state index in [9.17, 15) is 13.2 Å². The first-order chi connectivity index (χ1) is 21.3. The molecule has 1 fully saturated rings. The van der Waals surface area contributed by atoms with Crippen molar-refractivity contribution in [2.45, 2.75) is 4.90 Å². The van der Waals surface area contributed by atoms with Gasteiger partial charge in [0.25, 0.3) is 15.9 Å². The molecule has 1 saturated heterocycles. The molecule has 0 spiro atoms. The second kappa shape index (κ2) is 12.5. The highest BCUT2D eigenvalue weighted by Crippen LogP contribution is 2.34. The summed E-state index contributed by atoms with van der Waals surface area (Å²) in [6.07, 6.45) is 0. The molecule has 224 valence electrons. The number of fused-ring (bicyclic) bond motifs is 1. The molecule has 0 saturated carbocycles. The van der Waals surface area contributed by atoms with E-state index in [-0.39, 0.29) is 4.90 Å². The van der Waals surface area contributed by atoms with Crippen molar-refractivity contribution >= 4 is 55.5 Å². The summed E-state index contributed by atoms with van der Waals surface area (Å²) in [5, 5.41) is 4.17. The van der Waals surface area contributed by atoms with Crippen LogP contribution in [0.15, 0.2) is 102 Å². The van der Waals surface area contributed by atoms with E-state index < -0.39 is 15.9 Å². The van der Waals surface area contributed by atoms with Crippen molar-refractivity contribution in [2.75, 3.05) is 48.4 Å². The lowest BCUT2D eigenvalue weighted by Crippen LogP contribution is -2.36. The van der Waals surface area contributed by atoms with Crippen LogP contribution in [0.1, 0.15) is 10.4 Å². The predicted octanol–water partition coefficient (Wildman–Crippen LogP) is 6.45. The molecule has 11 heteroatoms. The van der Waals surface area contributed by atoms with E-state index in [1.165, 1.54) is 19.2 Å². The number of pyridine rings is 1. The number of morpholine rings is 1. The quantitative estimate of drug-likeness (QED) is 0.203. The molecule has 1 aromatic heterocycles. The minimum Gasteiger partial charge on any atom is -0.495 e. The Morgan fingerprint density at radius 3 is 2.43 bits per heavy atom. The number of amides is 1. The molecule has 0 atom stereocenters. The number of carbonyl (C=O) groups is 1. The van der Waals surface area contributed by atoms with Crippen molar-refractivity contribution in [2.24, 2.45) is 0 Å². The third kappa shape index (κ3) is 6.05. The number of ether oxygens (including phenoxy) is 2. The van der Waals surface area contributed by atoms with Crippen molar-refractivity contribution in [3.63, 3.8) is 0 Å². The van der Waals surface area contributed by atoms with Gasteiger partial charge in [0, 0.05) is 29.1 Å². The number of hydrogen-bond acceptors (Lipinski definition) is 7. The summed E-state index contributed by atoms with van der Waals surface area (Å²) in [7, 11) is -2.58. The van der Waals surface area contributed by atoms with Gasteiger partial charge in [-0.3, -0.25) is 9.52 Å². The molecule has 1 aliphatic rings. The van der Waals surface area contributed by atoms with Gasteiger partial charge in [0.1, 0.15) is 5.75 Å². The van der Waals surface area contributed by atoms with E-state index in [2.05, 4.69) is 14.9 Å². The number of carbonyl (C=O) groups excluding carboxylic acids is 1. The van der Waals surface area contributed by atoms with Crippen LogP contribution < -0.4 is 19.7 Å². The number of nitrogens with zero attached hydrogens (tertiary/aromatic N) is 2. The SMILES string of the molecule is COc1ccccc1NS(=O)(=O)c1ccc(N2CCOCC2)c(NC(=O)c2cc(-c3ccccc3Cl)nc3ccccc23)c1. The van der Waals surface area contributed by atoms with Crippen LogP contribution in [0.5, 0.6) is 5.75 Å². The molecule has 0 bridgehead atoms. The van der Waals surface area contributed by atoms with E-state index >= 15 is 0 Å². The molecule has 2 N–H and O–H groups in total. The van der Waals surface area contributed by atoms with Crippen LogP contribution in [0, 0.1) is 0 Å². The van der Waals surface area contributed by atoms with Crippen molar-refractivity contribution in [1.82, 2.24) is 4.98 Å². The van der Waals surface area contributed by atoms with Gasteiger partial charge in [0.15, 0.2) is 0 Å². The minimum atomic E-state index is -4.05. The third-order valence-corrected chi connectivity index (χ3v) is 9.03. The first-order valence-corrected chi connectivity index (χ1v) is 15.8. The Labute approximate surface area is 260 Å². The number of aromatic nitrogens is 1. The zero-order chi connectivity index (χ0) is 30.7. The van der Waals surface area contributed by atoms with Crippen molar-refractivity contribution in [3.8, 4) is 17.0 Å². The first-order valence-electron chi connectivity index (χ1n) is 13.9. The zero-order valence-corrected chi connectivity index (χ0v) is 25.4. The van der Waals surface area contributed by atoms with Gasteiger partial charge < -0.3 is 19.7 Å². The lowest BCUT2D eigenvalue weighted by Gasteiger charge is -2.31. The predicted molar refractivity (Wildman–Crippen MR) is 173 cm³/mol. The highest BCUT2D eigenvalue weighted by Gasteiger charge is 2.23. The fourth-order valence-electron chi connectivity index (χ4n) is 5.15. The number of anilines is 3. The van der Waals surface area contributed by atoms with Crippen molar-refractivity contribution in [1.29, 1.82) is 0 Å². The van der Waals surface area contributed by atoms with Crippen LogP contribution in [0.25, 0.3) is 22.2 Å². The average Bonchev–Trinajstić information content (AvgIpc) is 3.05. The standard InChI is InChI=1S/C33H29ClN4O5S/c1-42-32-13-7-6-12-28(32)37-44(40,41)22-14-15-31(38-16-18-43-19-17-38)30(20-22)36-33(39)25-21-29(24-9-2-4-10-26(24)34)35-27-11-5-3-8-23(25)27/h2-15,20-21,37H,16-19H2,1H3,(H,36,39). The molecule has 4 aromatic carbocycles. The minimum absolute atomic E-state index is 0.0212. The summed E-state index contributed by atoms with van der Waals surface area (Å²) in [6, 6.07) is 27.8. The Morgan fingerprint density at radius 1 is 0.909 bits per heavy atom. The van der Waals surface area contributed by atoms with Crippen LogP contribution in [0.3, 0.4) is 0 Å². The molecule has 5 aromatic rings. The molecule has 6 rings (SSSR count). The van der Waals surface area contributed by atoms with E-state index in [1.54, 1.807) is 42.5 Å². The Kier molecular flexibility index (Phi) is 8.38. The fourth-order valence-corrected chi connectivity index (χ4v) is 6.48. The monoisotopic (exact) mass is 628 g/mol. The van der Waals surface area contributed by atoms with Gasteiger partial charge in [0.2, 0.25) is 0 Å². The maximum Gasteiger partial charge on any atom is 0.262 e. The highest BCUT2D eigenvalue weighted by atomic mass is 35.5. The van der Waals surface area contributed by atoms with Gasteiger partial charge in [-0.15, -0.1) is 0 Å². The molecule has 1 aliphatic heterocycles. The largest absolute Gasteiger partial charge is 0.495 e. The van der Waals surface area contributed by atoms with Crippen LogP contribution in [0.4, 0.5) is 17.1 Å². The van der Waals surface area contributed by atoms with E-state index in [0.29, 0.717) is 81.9 Å².